The minimum atomic E-state index is 1.12. The minimum absolute atomic E-state index is 1.12. The fraction of sp³-hybridized carbons (Fsp3) is 0. The van der Waals surface area contributed by atoms with Crippen LogP contribution < -0.4 is 4.90 Å². The summed E-state index contributed by atoms with van der Waals surface area (Å²) in [4.78, 5) is 2.47. The van der Waals surface area contributed by atoms with Crippen LogP contribution in [-0.4, -0.2) is 0 Å². The van der Waals surface area contributed by atoms with Gasteiger partial charge >= 0.3 is 0 Å². The Kier molecular flexibility index (Phi) is 7.07. The maximum Gasteiger partial charge on any atom is 0.0561 e. The molecule has 0 N–H and O–H groups in total. The number of nitrogens with zero attached hydrogens (tertiary/aromatic N) is 1. The number of hydrogen-bond acceptors (Lipinski definition) is 2. The summed E-state index contributed by atoms with van der Waals surface area (Å²) >= 11 is 1.89. The Balaban J connectivity index is 1.25. The van der Waals surface area contributed by atoms with E-state index in [1.54, 1.807) is 0 Å². The van der Waals surface area contributed by atoms with Gasteiger partial charge in [0.1, 0.15) is 0 Å². The first-order chi connectivity index (χ1) is 23.8. The molecule has 9 rings (SSSR count). The van der Waals surface area contributed by atoms with E-state index < -0.39 is 0 Å². The van der Waals surface area contributed by atoms with Crippen LogP contribution in [0.15, 0.2) is 188 Å². The average Bonchev–Trinajstić information content (AvgIpc) is 3.57. The van der Waals surface area contributed by atoms with Crippen LogP contribution in [0.5, 0.6) is 0 Å². The summed E-state index contributed by atoms with van der Waals surface area (Å²) in [6, 6.07) is 68.0. The van der Waals surface area contributed by atoms with E-state index in [-0.39, 0.29) is 0 Å². The first kappa shape index (κ1) is 28.3. The largest absolute Gasteiger partial charge is 0.309 e. The fourth-order valence-electron chi connectivity index (χ4n) is 6.94. The molecule has 2 heteroatoms. The third-order valence-electron chi connectivity index (χ3n) is 9.27. The molecule has 0 spiro atoms. The Morgan fingerprint density at radius 3 is 1.60 bits per heavy atom. The molecule has 0 aliphatic rings. The lowest BCUT2D eigenvalue weighted by Crippen LogP contribution is -2.11. The number of thiophene rings is 1. The third-order valence-corrected chi connectivity index (χ3v) is 10.5. The third kappa shape index (κ3) is 4.95. The summed E-state index contributed by atoms with van der Waals surface area (Å²) in [5, 5.41) is 5.11. The van der Waals surface area contributed by atoms with Gasteiger partial charge < -0.3 is 4.90 Å². The summed E-state index contributed by atoms with van der Waals surface area (Å²) in [7, 11) is 0. The quantitative estimate of drug-likeness (QED) is 0.177. The van der Waals surface area contributed by atoms with Crippen molar-refractivity contribution in [3.63, 3.8) is 0 Å². The van der Waals surface area contributed by atoms with Crippen molar-refractivity contribution in [3.05, 3.63) is 188 Å². The Morgan fingerprint density at radius 1 is 0.375 bits per heavy atom. The molecule has 48 heavy (non-hydrogen) atoms. The molecule has 9 aromatic rings. The van der Waals surface area contributed by atoms with Crippen LogP contribution in [0.1, 0.15) is 0 Å². The van der Waals surface area contributed by atoms with E-state index in [1.165, 1.54) is 70.0 Å². The van der Waals surface area contributed by atoms with Crippen LogP contribution in [0.3, 0.4) is 0 Å². The lowest BCUT2D eigenvalue weighted by Gasteiger charge is -2.29. The van der Waals surface area contributed by atoms with E-state index in [9.17, 15) is 0 Å². The highest BCUT2D eigenvalue weighted by atomic mass is 32.1. The number of hydrogen-bond donors (Lipinski definition) is 0. The van der Waals surface area contributed by atoms with Crippen molar-refractivity contribution < 1.29 is 0 Å². The average molecular weight is 630 g/mol. The highest BCUT2D eigenvalue weighted by Gasteiger charge is 2.22. The van der Waals surface area contributed by atoms with Crippen molar-refractivity contribution in [3.8, 4) is 33.4 Å². The summed E-state index contributed by atoms with van der Waals surface area (Å²) < 4.78 is 2.62. The fourth-order valence-corrected chi connectivity index (χ4v) is 8.20. The molecule has 0 aliphatic carbocycles. The van der Waals surface area contributed by atoms with E-state index in [2.05, 4.69) is 193 Å². The van der Waals surface area contributed by atoms with Crippen LogP contribution >= 0.6 is 11.3 Å². The Morgan fingerprint density at radius 2 is 0.896 bits per heavy atom. The van der Waals surface area contributed by atoms with Crippen molar-refractivity contribution in [1.82, 2.24) is 0 Å². The standard InChI is InChI=1S/C46H31NS/c1-3-13-32(14-4-1)33-23-25-34(26-24-33)35-27-29-38(30-28-35)47(42-21-11-9-18-39(42)36-15-5-2-6-16-36)43-31-37-17-7-8-19-40(37)46-45(43)41-20-10-12-22-44(41)48-46/h1-31H. The number of anilines is 3. The first-order valence-electron chi connectivity index (χ1n) is 16.4. The molecular weight excluding hydrogens is 599 g/mol. The number of rotatable bonds is 6. The maximum atomic E-state index is 2.47. The molecule has 0 saturated heterocycles. The van der Waals surface area contributed by atoms with E-state index in [0.717, 1.165) is 11.4 Å². The lowest BCUT2D eigenvalue weighted by atomic mass is 9.98. The van der Waals surface area contributed by atoms with Crippen molar-refractivity contribution in [2.24, 2.45) is 0 Å². The van der Waals surface area contributed by atoms with Gasteiger partial charge in [0.05, 0.1) is 11.4 Å². The van der Waals surface area contributed by atoms with Crippen LogP contribution in [0.25, 0.3) is 64.3 Å². The topological polar surface area (TPSA) is 3.24 Å². The van der Waals surface area contributed by atoms with E-state index in [0.29, 0.717) is 0 Å². The van der Waals surface area contributed by atoms with Crippen LogP contribution in [-0.2, 0) is 0 Å². The van der Waals surface area contributed by atoms with Gasteiger partial charge in [0.25, 0.3) is 0 Å². The number of fused-ring (bicyclic) bond motifs is 5. The van der Waals surface area contributed by atoms with Gasteiger partial charge in [-0.25, -0.2) is 0 Å². The Labute approximate surface area is 284 Å². The van der Waals surface area contributed by atoms with Gasteiger partial charge in [-0.2, -0.15) is 0 Å². The van der Waals surface area contributed by atoms with Crippen LogP contribution in [0.4, 0.5) is 17.1 Å². The summed E-state index contributed by atoms with van der Waals surface area (Å²) in [5.74, 6) is 0. The Hall–Kier alpha value is -5.96. The molecule has 0 radical (unpaired) electrons. The van der Waals surface area contributed by atoms with Gasteiger partial charge in [-0.3, -0.25) is 0 Å². The zero-order chi connectivity index (χ0) is 31.9. The number of para-hydroxylation sites is 1. The zero-order valence-electron chi connectivity index (χ0n) is 26.3. The van der Waals surface area contributed by atoms with Crippen LogP contribution in [0, 0.1) is 0 Å². The molecule has 0 aliphatic heterocycles. The molecular formula is C46H31NS. The second-order valence-corrected chi connectivity index (χ2v) is 13.2. The van der Waals surface area contributed by atoms with Gasteiger partial charge in [0.15, 0.2) is 0 Å². The smallest absolute Gasteiger partial charge is 0.0561 e. The van der Waals surface area contributed by atoms with Crippen molar-refractivity contribution in [1.29, 1.82) is 0 Å². The molecule has 1 heterocycles. The predicted octanol–water partition coefficient (Wildman–Crippen LogP) is 13.7. The highest BCUT2D eigenvalue weighted by molar-refractivity contribution is 7.26. The maximum absolute atomic E-state index is 2.47. The monoisotopic (exact) mass is 629 g/mol. The molecule has 1 aromatic heterocycles. The lowest BCUT2D eigenvalue weighted by molar-refractivity contribution is 1.30. The van der Waals surface area contributed by atoms with Gasteiger partial charge in [0.2, 0.25) is 0 Å². The van der Waals surface area contributed by atoms with Crippen molar-refractivity contribution >= 4 is 59.3 Å². The molecule has 0 unspecified atom stereocenters. The van der Waals surface area contributed by atoms with E-state index in [1.807, 2.05) is 11.3 Å². The normalized spacial score (nSPS) is 11.3. The second-order valence-electron chi connectivity index (χ2n) is 12.1. The second kappa shape index (κ2) is 12.0. The predicted molar refractivity (Wildman–Crippen MR) is 208 cm³/mol. The molecule has 0 saturated carbocycles. The SMILES string of the molecule is c1ccc(-c2ccc(-c3ccc(N(c4ccccc4-c4ccccc4)c4cc5ccccc5c5sc6ccccc6c45)cc3)cc2)cc1. The minimum Gasteiger partial charge on any atom is -0.309 e. The van der Waals surface area contributed by atoms with Gasteiger partial charge in [-0.05, 0) is 68.9 Å². The van der Waals surface area contributed by atoms with E-state index >= 15 is 0 Å². The molecule has 226 valence electrons. The Bertz CT molecular complexity index is 2530. The van der Waals surface area contributed by atoms with Crippen molar-refractivity contribution in [2.75, 3.05) is 4.90 Å². The highest BCUT2D eigenvalue weighted by Crippen LogP contribution is 2.49. The molecule has 0 bridgehead atoms. The molecule has 0 atom stereocenters. The van der Waals surface area contributed by atoms with Crippen molar-refractivity contribution in [2.45, 2.75) is 0 Å². The van der Waals surface area contributed by atoms with Crippen LogP contribution in [0.2, 0.25) is 0 Å². The summed E-state index contributed by atoms with van der Waals surface area (Å²) in [6.45, 7) is 0. The van der Waals surface area contributed by atoms with E-state index in [4.69, 9.17) is 0 Å². The first-order valence-corrected chi connectivity index (χ1v) is 17.2. The van der Waals surface area contributed by atoms with Gasteiger partial charge in [-0.1, -0.05) is 158 Å². The van der Waals surface area contributed by atoms with Gasteiger partial charge in [-0.15, -0.1) is 11.3 Å². The molecule has 1 nitrogen and oxygen atoms in total. The molecule has 0 amide bonds. The number of benzene rings is 8. The summed E-state index contributed by atoms with van der Waals surface area (Å²) in [6.07, 6.45) is 0. The molecule has 8 aromatic carbocycles. The zero-order valence-corrected chi connectivity index (χ0v) is 27.1. The molecule has 0 fully saturated rings. The summed E-state index contributed by atoms with van der Waals surface area (Å²) in [5.41, 5.74) is 10.7. The van der Waals surface area contributed by atoms with Gasteiger partial charge in [0, 0.05) is 31.4 Å².